The highest BCUT2D eigenvalue weighted by atomic mass is 16.5. The van der Waals surface area contributed by atoms with E-state index in [9.17, 15) is 19.8 Å². The van der Waals surface area contributed by atoms with Crippen molar-refractivity contribution in [1.82, 2.24) is 24.8 Å². The summed E-state index contributed by atoms with van der Waals surface area (Å²) in [5, 5.41) is 26.0. The van der Waals surface area contributed by atoms with Crippen LogP contribution in [0.5, 0.6) is 0 Å². The molecule has 14 nitrogen and oxygen atoms in total. The van der Waals surface area contributed by atoms with E-state index in [0.29, 0.717) is 47.9 Å². The van der Waals surface area contributed by atoms with Crippen LogP contribution in [0.2, 0.25) is 0 Å². The van der Waals surface area contributed by atoms with Crippen molar-refractivity contribution in [1.29, 1.82) is 0 Å². The zero-order valence-corrected chi connectivity index (χ0v) is 28.2. The number of piperazine rings is 1. The molecule has 5 heterocycles. The number of hydrogen-bond acceptors (Lipinski definition) is 11. The highest BCUT2D eigenvalue weighted by Crippen LogP contribution is 2.36. The van der Waals surface area contributed by atoms with Gasteiger partial charge in [-0.05, 0) is 87.1 Å². The third-order valence-electron chi connectivity index (χ3n) is 10.8. The van der Waals surface area contributed by atoms with Crippen molar-refractivity contribution < 1.29 is 24.5 Å². The molecular weight excluding hydrogens is 638 g/mol. The Labute approximate surface area is 291 Å². The van der Waals surface area contributed by atoms with Gasteiger partial charge in [-0.15, -0.1) is 0 Å². The molecule has 5 fully saturated rings. The van der Waals surface area contributed by atoms with Gasteiger partial charge in [-0.2, -0.15) is 15.0 Å². The number of nitrogens with zero attached hydrogens (tertiary/aromatic N) is 7. The Morgan fingerprint density at radius 3 is 1.78 bits per heavy atom. The van der Waals surface area contributed by atoms with Crippen LogP contribution in [-0.4, -0.2) is 130 Å². The van der Waals surface area contributed by atoms with Gasteiger partial charge in [-0.1, -0.05) is 0 Å². The van der Waals surface area contributed by atoms with Gasteiger partial charge in [0.15, 0.2) is 5.82 Å². The van der Waals surface area contributed by atoms with E-state index in [2.05, 4.69) is 20.4 Å². The summed E-state index contributed by atoms with van der Waals surface area (Å²) in [5.41, 5.74) is 2.53. The highest BCUT2D eigenvalue weighted by Gasteiger charge is 2.41. The molecule has 5 aliphatic rings. The van der Waals surface area contributed by atoms with Crippen LogP contribution in [0.4, 0.5) is 28.1 Å². The Kier molecular flexibility index (Phi) is 9.25. The number of rotatable bonds is 9. The summed E-state index contributed by atoms with van der Waals surface area (Å²) in [7, 11) is 0. The lowest BCUT2D eigenvalue weighted by molar-refractivity contribution is 0.0627. The molecule has 8 rings (SSSR count). The van der Waals surface area contributed by atoms with Crippen LogP contribution in [0.25, 0.3) is 11.4 Å². The lowest BCUT2D eigenvalue weighted by Gasteiger charge is -2.36. The zero-order valence-electron chi connectivity index (χ0n) is 28.2. The van der Waals surface area contributed by atoms with Gasteiger partial charge in [0, 0.05) is 54.7 Å². The average molecular weight is 684 g/mol. The summed E-state index contributed by atoms with van der Waals surface area (Å²) in [6, 6.07) is 14.6. The van der Waals surface area contributed by atoms with Crippen LogP contribution in [0, 0.1) is 0 Å². The molecule has 1 aromatic heterocycles. The SMILES string of the molecule is O=C(Nc1ccc(C(=O)N2CCN(C3CC3)CC2)cc1)Nc1ccc(-c2nc(N3C(CO)CCC3CO)nc(N3C4CCC3COC4)n2)cc1. The van der Waals surface area contributed by atoms with Gasteiger partial charge in [0.05, 0.1) is 50.6 Å². The number of amides is 3. The summed E-state index contributed by atoms with van der Waals surface area (Å²) >= 11 is 0. The topological polar surface area (TPSA) is 160 Å². The monoisotopic (exact) mass is 683 g/mol. The second-order valence-electron chi connectivity index (χ2n) is 14.0. The van der Waals surface area contributed by atoms with Crippen LogP contribution < -0.4 is 20.4 Å². The molecule has 3 aromatic rings. The Hall–Kier alpha value is -4.37. The number of carbonyl (C=O) groups is 2. The fourth-order valence-corrected chi connectivity index (χ4v) is 7.92. The lowest BCUT2D eigenvalue weighted by atomic mass is 10.1. The molecule has 3 amide bonds. The van der Waals surface area contributed by atoms with Gasteiger partial charge in [-0.25, -0.2) is 4.79 Å². The molecule has 14 heteroatoms. The Balaban J connectivity index is 0.942. The number of aliphatic hydroxyl groups is 2. The molecule has 2 bridgehead atoms. The maximum atomic E-state index is 13.0. The van der Waals surface area contributed by atoms with E-state index in [-0.39, 0.29) is 43.3 Å². The maximum absolute atomic E-state index is 13.0. The van der Waals surface area contributed by atoms with E-state index in [4.69, 9.17) is 19.7 Å². The fourth-order valence-electron chi connectivity index (χ4n) is 7.92. The smallest absolute Gasteiger partial charge is 0.323 e. The summed E-state index contributed by atoms with van der Waals surface area (Å²) in [5.74, 6) is 1.52. The first kappa shape index (κ1) is 32.8. The van der Waals surface area contributed by atoms with E-state index in [1.165, 1.54) is 12.8 Å². The normalized spacial score (nSPS) is 25.2. The van der Waals surface area contributed by atoms with Gasteiger partial charge in [0.2, 0.25) is 11.9 Å². The average Bonchev–Trinajstić information content (AvgIpc) is 3.87. The van der Waals surface area contributed by atoms with Crippen molar-refractivity contribution in [3.05, 3.63) is 54.1 Å². The van der Waals surface area contributed by atoms with Crippen LogP contribution in [0.3, 0.4) is 0 Å². The maximum Gasteiger partial charge on any atom is 0.323 e. The molecule has 4 saturated heterocycles. The molecule has 264 valence electrons. The first-order chi connectivity index (χ1) is 24.5. The van der Waals surface area contributed by atoms with Crippen molar-refractivity contribution in [2.75, 3.05) is 73.0 Å². The molecule has 4 N–H and O–H groups in total. The number of morpholine rings is 1. The lowest BCUT2D eigenvalue weighted by Crippen LogP contribution is -2.49. The van der Waals surface area contributed by atoms with E-state index >= 15 is 0 Å². The third-order valence-corrected chi connectivity index (χ3v) is 10.8. The van der Waals surface area contributed by atoms with Crippen molar-refractivity contribution in [2.45, 2.75) is 68.7 Å². The number of anilines is 4. The van der Waals surface area contributed by atoms with E-state index in [1.54, 1.807) is 36.4 Å². The summed E-state index contributed by atoms with van der Waals surface area (Å²) in [6.45, 7) is 4.48. The van der Waals surface area contributed by atoms with Crippen LogP contribution in [0.15, 0.2) is 48.5 Å². The first-order valence-corrected chi connectivity index (χ1v) is 17.9. The van der Waals surface area contributed by atoms with E-state index < -0.39 is 6.03 Å². The molecule has 2 aromatic carbocycles. The highest BCUT2D eigenvalue weighted by molar-refractivity contribution is 6.00. The predicted octanol–water partition coefficient (Wildman–Crippen LogP) is 2.79. The van der Waals surface area contributed by atoms with Gasteiger partial charge >= 0.3 is 6.03 Å². The minimum atomic E-state index is -0.403. The molecule has 4 unspecified atom stereocenters. The van der Waals surface area contributed by atoms with Crippen molar-refractivity contribution in [2.24, 2.45) is 0 Å². The number of hydrogen-bond donors (Lipinski definition) is 4. The molecule has 4 aliphatic heterocycles. The predicted molar refractivity (Wildman–Crippen MR) is 188 cm³/mol. The zero-order chi connectivity index (χ0) is 34.2. The summed E-state index contributed by atoms with van der Waals surface area (Å²) in [6.07, 6.45) is 6.04. The second kappa shape index (κ2) is 14.1. The molecule has 0 radical (unpaired) electrons. The summed E-state index contributed by atoms with van der Waals surface area (Å²) < 4.78 is 5.81. The van der Waals surface area contributed by atoms with Gasteiger partial charge in [0.1, 0.15) is 0 Å². The number of aliphatic hydroxyl groups excluding tert-OH is 2. The second-order valence-corrected chi connectivity index (χ2v) is 14.0. The van der Waals surface area contributed by atoms with Crippen LogP contribution >= 0.6 is 0 Å². The van der Waals surface area contributed by atoms with Crippen molar-refractivity contribution in [3.8, 4) is 11.4 Å². The molecule has 1 aliphatic carbocycles. The third kappa shape index (κ3) is 6.72. The number of ether oxygens (including phenoxy) is 1. The minimum absolute atomic E-state index is 0.0214. The number of aromatic nitrogens is 3. The molecule has 50 heavy (non-hydrogen) atoms. The molecule has 0 spiro atoms. The number of urea groups is 1. The number of benzene rings is 2. The Morgan fingerprint density at radius 2 is 1.22 bits per heavy atom. The van der Waals surface area contributed by atoms with Crippen molar-refractivity contribution in [3.63, 3.8) is 0 Å². The number of fused-ring (bicyclic) bond motifs is 2. The van der Waals surface area contributed by atoms with Crippen LogP contribution in [0.1, 0.15) is 48.9 Å². The number of nitrogens with one attached hydrogen (secondary N) is 2. The van der Waals surface area contributed by atoms with Crippen molar-refractivity contribution >= 4 is 35.2 Å². The van der Waals surface area contributed by atoms with Crippen LogP contribution in [-0.2, 0) is 4.74 Å². The number of carbonyl (C=O) groups excluding carboxylic acids is 2. The first-order valence-electron chi connectivity index (χ1n) is 17.9. The molecule has 1 saturated carbocycles. The summed E-state index contributed by atoms with van der Waals surface area (Å²) in [4.78, 5) is 49.2. The van der Waals surface area contributed by atoms with E-state index in [1.807, 2.05) is 21.9 Å². The Morgan fingerprint density at radius 1 is 0.680 bits per heavy atom. The largest absolute Gasteiger partial charge is 0.394 e. The Bertz CT molecular complexity index is 1650. The van der Waals surface area contributed by atoms with E-state index in [0.717, 1.165) is 63.5 Å². The van der Waals surface area contributed by atoms with Gasteiger partial charge in [-0.3, -0.25) is 9.69 Å². The standard InChI is InChI=1S/C36H45N9O5/c46-19-28-11-12-29(20-47)44(28)34-39-32(40-35(41-34)45-30-13-14-31(45)22-50-21-30)23-1-5-25(6-2-23)37-36(49)38-26-7-3-24(4-8-26)33(48)43-17-15-42(16-18-43)27-9-10-27/h1-8,27-31,46-47H,9-22H2,(H2,37,38,49). The van der Waals surface area contributed by atoms with Gasteiger partial charge < -0.3 is 40.3 Å². The fraction of sp³-hybridized carbons (Fsp3) is 0.528. The molecule has 4 atom stereocenters. The minimum Gasteiger partial charge on any atom is -0.394 e. The molecular formula is C36H45N9O5. The quantitative estimate of drug-likeness (QED) is 0.263. The van der Waals surface area contributed by atoms with Gasteiger partial charge in [0.25, 0.3) is 5.91 Å².